The molecule has 1 aliphatic carbocycles. The van der Waals surface area contributed by atoms with Crippen molar-refractivity contribution >= 4 is 23.0 Å². The van der Waals surface area contributed by atoms with Crippen LogP contribution in [0.25, 0.3) is 0 Å². The first-order valence-corrected chi connectivity index (χ1v) is 8.86. The van der Waals surface area contributed by atoms with E-state index in [2.05, 4.69) is 12.2 Å². The molecule has 1 fully saturated rings. The number of rotatable bonds is 4. The Hall–Kier alpha value is -1.81. The van der Waals surface area contributed by atoms with E-state index >= 15 is 0 Å². The Morgan fingerprint density at radius 1 is 1.36 bits per heavy atom. The summed E-state index contributed by atoms with van der Waals surface area (Å²) in [6, 6.07) is 7.31. The molecule has 1 saturated carbocycles. The third-order valence-electron chi connectivity index (χ3n) is 4.60. The normalized spacial score (nSPS) is 20.6. The van der Waals surface area contributed by atoms with Gasteiger partial charge in [-0.05, 0) is 49.2 Å². The fourth-order valence-electron chi connectivity index (χ4n) is 3.13. The number of thiocarbonyl (C=S) groups is 1. The number of hydrogen-bond acceptors (Lipinski definition) is 2. The minimum Gasteiger partial charge on any atom is -0.359 e. The van der Waals surface area contributed by atoms with Crippen LogP contribution in [0.15, 0.2) is 24.3 Å². The number of nitrogens with zero attached hydrogens (tertiary/aromatic N) is 2. The molecule has 1 aromatic rings. The average Bonchev–Trinajstić information content (AvgIpc) is 2.57. The summed E-state index contributed by atoms with van der Waals surface area (Å²) in [7, 11) is 0. The molecule has 0 radical (unpaired) electrons. The highest BCUT2D eigenvalue weighted by atomic mass is 32.1. The maximum absolute atomic E-state index is 13.0. The van der Waals surface area contributed by atoms with Crippen molar-refractivity contribution in [2.24, 2.45) is 5.92 Å². The molecule has 136 valence electrons. The van der Waals surface area contributed by atoms with E-state index in [-0.39, 0.29) is 19.0 Å². The molecule has 7 heteroatoms. The fraction of sp³-hybridized carbons (Fsp3) is 0.556. The van der Waals surface area contributed by atoms with E-state index < -0.39 is 11.7 Å². The summed E-state index contributed by atoms with van der Waals surface area (Å²) in [5.41, 5.74) is -0.369. The molecular weight excluding hydrogens is 347 g/mol. The average molecular weight is 369 g/mol. The van der Waals surface area contributed by atoms with Gasteiger partial charge in [-0.2, -0.15) is 18.4 Å². The van der Waals surface area contributed by atoms with Crippen LogP contribution < -0.4 is 10.2 Å². The molecule has 0 aliphatic heterocycles. The third kappa shape index (κ3) is 5.33. The second-order valence-corrected chi connectivity index (χ2v) is 6.81. The Labute approximate surface area is 151 Å². The molecule has 0 aromatic heterocycles. The van der Waals surface area contributed by atoms with E-state index in [1.807, 2.05) is 6.07 Å². The van der Waals surface area contributed by atoms with Gasteiger partial charge in [0.1, 0.15) is 0 Å². The number of halogens is 3. The second kappa shape index (κ2) is 8.52. The lowest BCUT2D eigenvalue weighted by Gasteiger charge is -2.34. The smallest absolute Gasteiger partial charge is 0.359 e. The van der Waals surface area contributed by atoms with Crippen molar-refractivity contribution in [3.63, 3.8) is 0 Å². The second-order valence-electron chi connectivity index (χ2n) is 6.43. The zero-order valence-electron chi connectivity index (χ0n) is 14.1. The topological polar surface area (TPSA) is 39.1 Å². The number of anilines is 1. The molecule has 0 bridgehead atoms. The Morgan fingerprint density at radius 3 is 2.72 bits per heavy atom. The number of benzene rings is 1. The maximum Gasteiger partial charge on any atom is 0.416 e. The van der Waals surface area contributed by atoms with E-state index in [0.29, 0.717) is 16.7 Å². The molecule has 0 spiro atoms. The van der Waals surface area contributed by atoms with E-state index in [9.17, 15) is 13.2 Å². The van der Waals surface area contributed by atoms with Crippen LogP contribution in [-0.4, -0.2) is 17.7 Å². The predicted octanol–water partition coefficient (Wildman–Crippen LogP) is 4.88. The highest BCUT2D eigenvalue weighted by Gasteiger charge is 2.31. The van der Waals surface area contributed by atoms with Crippen LogP contribution in [0.2, 0.25) is 0 Å². The van der Waals surface area contributed by atoms with Crippen LogP contribution in [0.4, 0.5) is 18.9 Å². The standard InChI is InChI=1S/C18H22F3N3S/c1-13-6-2-3-9-16(13)23-17(25)24(11-5-10-22)15-8-4-7-14(12-15)18(19,20)21/h4,7-8,12-13,16H,2-3,5-6,9,11H2,1H3,(H,23,25)/t13-,16+/m1/s1. The zero-order valence-corrected chi connectivity index (χ0v) is 15.0. The van der Waals surface area contributed by atoms with Crippen LogP contribution >= 0.6 is 12.2 Å². The molecule has 2 rings (SSSR count). The Bertz CT molecular complexity index is 639. The van der Waals surface area contributed by atoms with Gasteiger partial charge in [-0.25, -0.2) is 0 Å². The van der Waals surface area contributed by atoms with Gasteiger partial charge in [0.2, 0.25) is 0 Å². The van der Waals surface area contributed by atoms with Crippen molar-refractivity contribution in [2.75, 3.05) is 11.4 Å². The fourth-order valence-corrected chi connectivity index (χ4v) is 3.48. The lowest BCUT2D eigenvalue weighted by Crippen LogP contribution is -2.48. The van der Waals surface area contributed by atoms with Gasteiger partial charge in [-0.3, -0.25) is 0 Å². The van der Waals surface area contributed by atoms with Crippen molar-refractivity contribution < 1.29 is 13.2 Å². The Balaban J connectivity index is 2.20. The monoisotopic (exact) mass is 369 g/mol. The molecular formula is C18H22F3N3S. The SMILES string of the molecule is C[C@@H]1CCCC[C@@H]1NC(=S)N(CCC#N)c1cccc(C(F)(F)F)c1. The Kier molecular flexibility index (Phi) is 6.65. The summed E-state index contributed by atoms with van der Waals surface area (Å²) in [6.45, 7) is 2.41. The van der Waals surface area contributed by atoms with Crippen LogP contribution in [0.5, 0.6) is 0 Å². The summed E-state index contributed by atoms with van der Waals surface area (Å²) < 4.78 is 39.0. The molecule has 1 aromatic carbocycles. The van der Waals surface area contributed by atoms with Crippen molar-refractivity contribution in [1.82, 2.24) is 5.32 Å². The van der Waals surface area contributed by atoms with E-state index in [4.69, 9.17) is 17.5 Å². The largest absolute Gasteiger partial charge is 0.416 e. The molecule has 1 N–H and O–H groups in total. The molecule has 0 heterocycles. The minimum atomic E-state index is -4.41. The highest BCUT2D eigenvalue weighted by Crippen LogP contribution is 2.32. The van der Waals surface area contributed by atoms with Gasteiger partial charge in [-0.15, -0.1) is 0 Å². The van der Waals surface area contributed by atoms with E-state index in [0.717, 1.165) is 31.4 Å². The first kappa shape index (κ1) is 19.5. The summed E-state index contributed by atoms with van der Waals surface area (Å²) in [5, 5.41) is 12.6. The summed E-state index contributed by atoms with van der Waals surface area (Å²) in [5.74, 6) is 0.464. The summed E-state index contributed by atoms with van der Waals surface area (Å²) >= 11 is 5.47. The number of hydrogen-bond donors (Lipinski definition) is 1. The van der Waals surface area contributed by atoms with E-state index in [1.165, 1.54) is 12.5 Å². The van der Waals surface area contributed by atoms with Crippen molar-refractivity contribution in [2.45, 2.75) is 51.2 Å². The van der Waals surface area contributed by atoms with Crippen molar-refractivity contribution in [3.8, 4) is 6.07 Å². The summed E-state index contributed by atoms with van der Waals surface area (Å²) in [6.07, 6.45) is 0.185. The number of nitriles is 1. The van der Waals surface area contributed by atoms with E-state index in [1.54, 1.807) is 11.0 Å². The molecule has 25 heavy (non-hydrogen) atoms. The minimum absolute atomic E-state index is 0.179. The van der Waals surface area contributed by atoms with Crippen LogP contribution in [0, 0.1) is 17.2 Å². The Morgan fingerprint density at radius 2 is 2.08 bits per heavy atom. The highest BCUT2D eigenvalue weighted by molar-refractivity contribution is 7.80. The third-order valence-corrected chi connectivity index (χ3v) is 4.94. The van der Waals surface area contributed by atoms with Crippen LogP contribution in [0.3, 0.4) is 0 Å². The summed E-state index contributed by atoms with van der Waals surface area (Å²) in [4.78, 5) is 1.59. The zero-order chi connectivity index (χ0) is 18.4. The van der Waals surface area contributed by atoms with Crippen LogP contribution in [-0.2, 0) is 6.18 Å². The maximum atomic E-state index is 13.0. The molecule has 0 unspecified atom stereocenters. The molecule has 0 saturated heterocycles. The van der Waals surface area contributed by atoms with Gasteiger partial charge in [0.25, 0.3) is 0 Å². The molecule has 0 amide bonds. The van der Waals surface area contributed by atoms with Crippen LogP contribution in [0.1, 0.15) is 44.6 Å². The van der Waals surface area contributed by atoms with Gasteiger partial charge in [0.05, 0.1) is 18.1 Å². The molecule has 1 aliphatic rings. The molecule has 3 nitrogen and oxygen atoms in total. The van der Waals surface area contributed by atoms with Crippen molar-refractivity contribution in [3.05, 3.63) is 29.8 Å². The van der Waals surface area contributed by atoms with Crippen molar-refractivity contribution in [1.29, 1.82) is 5.26 Å². The number of alkyl halides is 3. The van der Waals surface area contributed by atoms with Gasteiger partial charge in [0, 0.05) is 18.3 Å². The molecule has 2 atom stereocenters. The first-order valence-electron chi connectivity index (χ1n) is 8.45. The number of nitrogens with one attached hydrogen (secondary N) is 1. The van der Waals surface area contributed by atoms with Gasteiger partial charge in [-0.1, -0.05) is 25.8 Å². The lowest BCUT2D eigenvalue weighted by atomic mass is 9.86. The first-order chi connectivity index (χ1) is 11.8. The van der Waals surface area contributed by atoms with Gasteiger partial charge >= 0.3 is 6.18 Å². The lowest BCUT2D eigenvalue weighted by molar-refractivity contribution is -0.137. The van der Waals surface area contributed by atoms with Gasteiger partial charge in [0.15, 0.2) is 5.11 Å². The predicted molar refractivity (Wildman–Crippen MR) is 96.2 cm³/mol. The quantitative estimate of drug-likeness (QED) is 0.768. The van der Waals surface area contributed by atoms with Gasteiger partial charge < -0.3 is 10.2 Å².